The monoisotopic (exact) mass is 297 g/mol. The standard InChI is InChI=1S/C16H31N3S/c1-6-10-17-13(5)15-12-20-16(18-15)19(9-4)11-14(7-2)8-3/h12-14,17H,6-11H2,1-5H3. The molecule has 0 aliphatic heterocycles. The van der Waals surface area contributed by atoms with E-state index in [0.717, 1.165) is 32.0 Å². The summed E-state index contributed by atoms with van der Waals surface area (Å²) < 4.78 is 0. The van der Waals surface area contributed by atoms with E-state index in [1.165, 1.54) is 23.7 Å². The van der Waals surface area contributed by atoms with Crippen LogP contribution in [0, 0.1) is 5.92 Å². The fraction of sp³-hybridized carbons (Fsp3) is 0.812. The average Bonchev–Trinajstić information content (AvgIpc) is 2.96. The van der Waals surface area contributed by atoms with Crippen molar-refractivity contribution < 1.29 is 0 Å². The lowest BCUT2D eigenvalue weighted by atomic mass is 10.0. The minimum Gasteiger partial charge on any atom is -0.348 e. The molecule has 116 valence electrons. The molecular weight excluding hydrogens is 266 g/mol. The van der Waals surface area contributed by atoms with E-state index in [-0.39, 0.29) is 0 Å². The Balaban J connectivity index is 2.67. The topological polar surface area (TPSA) is 28.2 Å². The van der Waals surface area contributed by atoms with Crippen molar-refractivity contribution in [1.82, 2.24) is 10.3 Å². The molecule has 1 N–H and O–H groups in total. The maximum absolute atomic E-state index is 4.84. The van der Waals surface area contributed by atoms with Gasteiger partial charge >= 0.3 is 0 Å². The molecule has 1 unspecified atom stereocenters. The van der Waals surface area contributed by atoms with Crippen molar-refractivity contribution in [2.75, 3.05) is 24.5 Å². The van der Waals surface area contributed by atoms with Gasteiger partial charge in [0.25, 0.3) is 0 Å². The lowest BCUT2D eigenvalue weighted by Crippen LogP contribution is -2.29. The first kappa shape index (κ1) is 17.4. The molecule has 1 atom stereocenters. The van der Waals surface area contributed by atoms with Crippen LogP contribution in [-0.2, 0) is 0 Å². The highest BCUT2D eigenvalue weighted by molar-refractivity contribution is 7.13. The Labute approximate surface area is 128 Å². The van der Waals surface area contributed by atoms with Crippen LogP contribution in [0.3, 0.4) is 0 Å². The zero-order valence-corrected chi connectivity index (χ0v) is 14.6. The molecule has 0 radical (unpaired) electrons. The molecule has 0 bridgehead atoms. The summed E-state index contributed by atoms with van der Waals surface area (Å²) in [4.78, 5) is 7.27. The molecule has 4 heteroatoms. The quantitative estimate of drug-likeness (QED) is 0.691. The predicted octanol–water partition coefficient (Wildman–Crippen LogP) is 4.47. The Bertz CT molecular complexity index is 360. The average molecular weight is 298 g/mol. The lowest BCUT2D eigenvalue weighted by Gasteiger charge is -2.24. The summed E-state index contributed by atoms with van der Waals surface area (Å²) >= 11 is 1.78. The van der Waals surface area contributed by atoms with Gasteiger partial charge in [0, 0.05) is 24.5 Å². The van der Waals surface area contributed by atoms with E-state index in [2.05, 4.69) is 50.2 Å². The number of nitrogens with one attached hydrogen (secondary N) is 1. The van der Waals surface area contributed by atoms with Crippen molar-refractivity contribution in [2.24, 2.45) is 5.92 Å². The number of thiazole rings is 1. The molecule has 0 saturated heterocycles. The summed E-state index contributed by atoms with van der Waals surface area (Å²) in [6, 6.07) is 0.354. The Hall–Kier alpha value is -0.610. The molecule has 0 aliphatic rings. The van der Waals surface area contributed by atoms with Crippen LogP contribution in [0.5, 0.6) is 0 Å². The van der Waals surface area contributed by atoms with Gasteiger partial charge in [-0.1, -0.05) is 33.6 Å². The van der Waals surface area contributed by atoms with E-state index in [9.17, 15) is 0 Å². The maximum Gasteiger partial charge on any atom is 0.185 e. The number of aromatic nitrogens is 1. The van der Waals surface area contributed by atoms with Gasteiger partial charge < -0.3 is 10.2 Å². The van der Waals surface area contributed by atoms with E-state index >= 15 is 0 Å². The molecule has 0 aromatic carbocycles. The molecule has 0 aliphatic carbocycles. The third-order valence-corrected chi connectivity index (χ3v) is 4.86. The van der Waals surface area contributed by atoms with Crippen molar-refractivity contribution in [1.29, 1.82) is 0 Å². The van der Waals surface area contributed by atoms with E-state index < -0.39 is 0 Å². The van der Waals surface area contributed by atoms with Crippen LogP contribution < -0.4 is 10.2 Å². The second-order valence-corrected chi connectivity index (χ2v) is 6.29. The second kappa shape index (κ2) is 9.35. The lowest BCUT2D eigenvalue weighted by molar-refractivity contribution is 0.485. The molecule has 0 saturated carbocycles. The number of hydrogen-bond acceptors (Lipinski definition) is 4. The molecule has 3 nitrogen and oxygen atoms in total. The van der Waals surface area contributed by atoms with E-state index in [1.807, 2.05) is 0 Å². The van der Waals surface area contributed by atoms with Crippen molar-refractivity contribution in [3.05, 3.63) is 11.1 Å². The van der Waals surface area contributed by atoms with Gasteiger partial charge in [0.05, 0.1) is 5.69 Å². The van der Waals surface area contributed by atoms with Crippen LogP contribution in [-0.4, -0.2) is 24.6 Å². The van der Waals surface area contributed by atoms with Gasteiger partial charge in [0.15, 0.2) is 5.13 Å². The van der Waals surface area contributed by atoms with Crippen LogP contribution in [0.1, 0.15) is 65.6 Å². The first-order valence-electron chi connectivity index (χ1n) is 8.09. The summed E-state index contributed by atoms with van der Waals surface area (Å²) in [5.41, 5.74) is 1.18. The summed E-state index contributed by atoms with van der Waals surface area (Å²) in [5.74, 6) is 0.776. The van der Waals surface area contributed by atoms with Crippen LogP contribution in [0.2, 0.25) is 0 Å². The van der Waals surface area contributed by atoms with Crippen LogP contribution in [0.25, 0.3) is 0 Å². The number of hydrogen-bond donors (Lipinski definition) is 1. The fourth-order valence-corrected chi connectivity index (χ4v) is 3.28. The molecule has 0 fully saturated rings. The smallest absolute Gasteiger partial charge is 0.185 e. The third kappa shape index (κ3) is 5.06. The Morgan fingerprint density at radius 3 is 2.50 bits per heavy atom. The molecular formula is C16H31N3S. The van der Waals surface area contributed by atoms with Crippen molar-refractivity contribution in [3.63, 3.8) is 0 Å². The Morgan fingerprint density at radius 1 is 1.25 bits per heavy atom. The SMILES string of the molecule is CCCNC(C)c1csc(N(CC)CC(CC)CC)n1. The van der Waals surface area contributed by atoms with Crippen molar-refractivity contribution >= 4 is 16.5 Å². The van der Waals surface area contributed by atoms with Gasteiger partial charge in [-0.25, -0.2) is 4.98 Å². The van der Waals surface area contributed by atoms with E-state index in [0.29, 0.717) is 6.04 Å². The van der Waals surface area contributed by atoms with Crippen molar-refractivity contribution in [2.45, 2.75) is 59.9 Å². The summed E-state index contributed by atoms with van der Waals surface area (Å²) in [7, 11) is 0. The van der Waals surface area contributed by atoms with Gasteiger partial charge in [-0.2, -0.15) is 0 Å². The number of nitrogens with zero attached hydrogens (tertiary/aromatic N) is 2. The van der Waals surface area contributed by atoms with Gasteiger partial charge in [-0.3, -0.25) is 0 Å². The molecule has 1 rings (SSSR count). The maximum atomic E-state index is 4.84. The Morgan fingerprint density at radius 2 is 1.95 bits per heavy atom. The summed E-state index contributed by atoms with van der Waals surface area (Å²) in [6.07, 6.45) is 3.66. The minimum absolute atomic E-state index is 0.354. The molecule has 0 spiro atoms. The zero-order chi connectivity index (χ0) is 15.0. The van der Waals surface area contributed by atoms with Gasteiger partial charge in [0.1, 0.15) is 0 Å². The zero-order valence-electron chi connectivity index (χ0n) is 13.8. The molecule has 1 aromatic heterocycles. The van der Waals surface area contributed by atoms with Gasteiger partial charge in [-0.15, -0.1) is 11.3 Å². The summed E-state index contributed by atoms with van der Waals surface area (Å²) in [5, 5.41) is 6.89. The number of rotatable bonds is 10. The highest BCUT2D eigenvalue weighted by atomic mass is 32.1. The summed E-state index contributed by atoms with van der Waals surface area (Å²) in [6.45, 7) is 14.4. The van der Waals surface area contributed by atoms with Gasteiger partial charge in [0.2, 0.25) is 0 Å². The normalized spacial score (nSPS) is 12.9. The van der Waals surface area contributed by atoms with E-state index in [4.69, 9.17) is 4.98 Å². The third-order valence-electron chi connectivity index (χ3n) is 3.94. The minimum atomic E-state index is 0.354. The largest absolute Gasteiger partial charge is 0.348 e. The molecule has 0 amide bonds. The van der Waals surface area contributed by atoms with Crippen molar-refractivity contribution in [3.8, 4) is 0 Å². The second-order valence-electron chi connectivity index (χ2n) is 5.45. The van der Waals surface area contributed by atoms with Gasteiger partial charge in [-0.05, 0) is 32.7 Å². The fourth-order valence-electron chi connectivity index (χ4n) is 2.29. The van der Waals surface area contributed by atoms with Crippen LogP contribution >= 0.6 is 11.3 Å². The first-order valence-corrected chi connectivity index (χ1v) is 8.97. The Kier molecular flexibility index (Phi) is 8.15. The highest BCUT2D eigenvalue weighted by Crippen LogP contribution is 2.25. The predicted molar refractivity (Wildman–Crippen MR) is 90.8 cm³/mol. The molecule has 1 heterocycles. The first-order chi connectivity index (χ1) is 9.65. The van der Waals surface area contributed by atoms with E-state index in [1.54, 1.807) is 11.3 Å². The van der Waals surface area contributed by atoms with Crippen LogP contribution in [0.4, 0.5) is 5.13 Å². The molecule has 20 heavy (non-hydrogen) atoms. The number of anilines is 1. The molecule has 1 aromatic rings. The van der Waals surface area contributed by atoms with Crippen LogP contribution in [0.15, 0.2) is 5.38 Å². The highest BCUT2D eigenvalue weighted by Gasteiger charge is 2.15.